The third-order valence-corrected chi connectivity index (χ3v) is 1.92. The Morgan fingerprint density at radius 2 is 2.42 bits per heavy atom. The maximum Gasteiger partial charge on any atom is 0.297 e. The molecule has 1 heterocycles. The van der Waals surface area contributed by atoms with E-state index in [1.165, 1.54) is 6.08 Å². The molecule has 0 aromatic rings. The molecule has 0 N–H and O–H groups in total. The van der Waals surface area contributed by atoms with Crippen LogP contribution in [0.4, 0.5) is 0 Å². The van der Waals surface area contributed by atoms with E-state index < -0.39 is 4.92 Å². The lowest BCUT2D eigenvalue weighted by Crippen LogP contribution is -1.96. The van der Waals surface area contributed by atoms with Crippen molar-refractivity contribution >= 4 is 40.1 Å². The topological polar surface area (TPSA) is 55.5 Å². The second-order valence-corrected chi connectivity index (χ2v) is 3.36. The van der Waals surface area contributed by atoms with Crippen molar-refractivity contribution in [3.05, 3.63) is 36.7 Å². The van der Waals surface area contributed by atoms with Crippen molar-refractivity contribution in [1.29, 1.82) is 0 Å². The molecule has 0 unspecified atom stereocenters. The highest BCUT2D eigenvalue weighted by atomic mass is 127. The molecule has 0 radical (unpaired) electrons. The van der Waals surface area contributed by atoms with Crippen LogP contribution in [0.2, 0.25) is 0 Å². The fourth-order valence-electron chi connectivity index (χ4n) is 0.575. The minimum absolute atomic E-state index is 0.0677. The average molecular weight is 296 g/mol. The normalized spacial score (nSPS) is 16.0. The summed E-state index contributed by atoms with van der Waals surface area (Å²) in [6, 6.07) is 0. The maximum atomic E-state index is 10.3. The summed E-state index contributed by atoms with van der Waals surface area (Å²) in [5, 5.41) is 10.4. The van der Waals surface area contributed by atoms with E-state index in [0.717, 1.165) is 6.08 Å². The van der Waals surface area contributed by atoms with E-state index >= 15 is 0 Å². The van der Waals surface area contributed by atoms with Crippen molar-refractivity contribution in [2.45, 2.75) is 0 Å². The number of halogens is 2. The second kappa shape index (κ2) is 3.84. The lowest BCUT2D eigenvalue weighted by Gasteiger charge is -1.89. The molecule has 0 atom stereocenters. The molecule has 0 aliphatic carbocycles. The van der Waals surface area contributed by atoms with Gasteiger partial charge < -0.3 is 0 Å². The van der Waals surface area contributed by atoms with Gasteiger partial charge in [-0.2, -0.15) is 4.99 Å². The van der Waals surface area contributed by atoms with Crippen molar-refractivity contribution in [2.24, 2.45) is 4.99 Å². The highest BCUT2D eigenvalue weighted by Gasteiger charge is 2.13. The zero-order valence-electron chi connectivity index (χ0n) is 5.62. The minimum Gasteiger partial charge on any atom is -0.258 e. The Labute approximate surface area is 86.6 Å². The molecular formula is C6H2ClIN2O2. The first-order valence-electron chi connectivity index (χ1n) is 2.82. The number of rotatable bonds is 1. The quantitative estimate of drug-likeness (QED) is 0.322. The third kappa shape index (κ3) is 2.17. The highest BCUT2D eigenvalue weighted by molar-refractivity contribution is 14.1. The largest absolute Gasteiger partial charge is 0.297 e. The smallest absolute Gasteiger partial charge is 0.258 e. The number of aliphatic imine (C=N–C) groups is 1. The number of hydrogen-bond acceptors (Lipinski definition) is 3. The van der Waals surface area contributed by atoms with Crippen LogP contribution in [0.1, 0.15) is 0 Å². The van der Waals surface area contributed by atoms with E-state index in [9.17, 15) is 10.1 Å². The molecule has 0 aromatic carbocycles. The molecule has 12 heavy (non-hydrogen) atoms. The Morgan fingerprint density at radius 1 is 1.75 bits per heavy atom. The lowest BCUT2D eigenvalue weighted by molar-refractivity contribution is -0.419. The van der Waals surface area contributed by atoms with Crippen LogP contribution < -0.4 is 0 Å². The van der Waals surface area contributed by atoms with Crippen LogP contribution in [0.5, 0.6) is 0 Å². The first-order chi connectivity index (χ1) is 5.61. The van der Waals surface area contributed by atoms with Gasteiger partial charge in [0.2, 0.25) is 0 Å². The molecular weight excluding hydrogens is 294 g/mol. The third-order valence-electron chi connectivity index (χ3n) is 1.06. The van der Waals surface area contributed by atoms with Gasteiger partial charge in [-0.25, -0.2) is 0 Å². The van der Waals surface area contributed by atoms with E-state index in [-0.39, 0.29) is 10.7 Å². The van der Waals surface area contributed by atoms with Gasteiger partial charge in [0, 0.05) is 0 Å². The van der Waals surface area contributed by atoms with Gasteiger partial charge in [0.1, 0.15) is 8.74 Å². The molecule has 1 aliphatic rings. The zero-order chi connectivity index (χ0) is 9.14. The van der Waals surface area contributed by atoms with E-state index in [1.807, 2.05) is 22.6 Å². The van der Waals surface area contributed by atoms with Gasteiger partial charge in [-0.3, -0.25) is 10.1 Å². The summed E-state index contributed by atoms with van der Waals surface area (Å²) in [6.07, 6.45) is 2.56. The van der Waals surface area contributed by atoms with Crippen molar-refractivity contribution in [1.82, 2.24) is 0 Å². The van der Waals surface area contributed by atoms with E-state index in [1.54, 1.807) is 0 Å². The fraction of sp³-hybridized carbons (Fsp3) is 0. The summed E-state index contributed by atoms with van der Waals surface area (Å²) in [4.78, 5) is 13.5. The zero-order valence-corrected chi connectivity index (χ0v) is 8.53. The molecule has 4 nitrogen and oxygen atoms in total. The first kappa shape index (κ1) is 9.44. The Morgan fingerprint density at radius 3 is 3.00 bits per heavy atom. The summed E-state index contributed by atoms with van der Waals surface area (Å²) in [7, 11) is 0. The van der Waals surface area contributed by atoms with Gasteiger partial charge in [0.15, 0.2) is 0 Å². The monoisotopic (exact) mass is 296 g/mol. The Hall–Kier alpha value is -0.650. The molecule has 0 aromatic heterocycles. The predicted molar refractivity (Wildman–Crippen MR) is 54.0 cm³/mol. The van der Waals surface area contributed by atoms with Crippen LogP contribution in [-0.2, 0) is 0 Å². The highest BCUT2D eigenvalue weighted by Crippen LogP contribution is 2.20. The van der Waals surface area contributed by atoms with Gasteiger partial charge in [-0.1, -0.05) is 11.6 Å². The number of nitrogens with zero attached hydrogens (tertiary/aromatic N) is 2. The van der Waals surface area contributed by atoms with Crippen LogP contribution >= 0.6 is 34.2 Å². The average Bonchev–Trinajstić information content (AvgIpc) is 2.10. The van der Waals surface area contributed by atoms with E-state index in [4.69, 9.17) is 11.6 Å². The maximum absolute atomic E-state index is 10.3. The molecule has 0 spiro atoms. The molecule has 0 saturated carbocycles. The van der Waals surface area contributed by atoms with Crippen molar-refractivity contribution in [3.8, 4) is 0 Å². The van der Waals surface area contributed by atoms with Crippen molar-refractivity contribution < 1.29 is 4.92 Å². The van der Waals surface area contributed by atoms with Gasteiger partial charge in [0.05, 0.1) is 11.0 Å². The Balaban J connectivity index is 3.23. The summed E-state index contributed by atoms with van der Waals surface area (Å²) in [6.45, 7) is 0. The summed E-state index contributed by atoms with van der Waals surface area (Å²) in [5.41, 5.74) is -0.188. The minimum atomic E-state index is -0.573. The molecule has 6 heteroatoms. The SMILES string of the molecule is O=[N+]([O-])C1=C(Cl)C=C(I)N=C=C1. The van der Waals surface area contributed by atoms with E-state index in [0.29, 0.717) is 3.70 Å². The van der Waals surface area contributed by atoms with Crippen LogP contribution in [-0.4, -0.2) is 10.8 Å². The standard InChI is InChI=1S/C6H2ClIN2O2/c7-4-3-6(8)9-2-1-5(4)10(11)12/h1,3H. The number of nitro groups is 1. The van der Waals surface area contributed by atoms with Crippen LogP contribution in [0.15, 0.2) is 31.6 Å². The number of hydrogen-bond donors (Lipinski definition) is 0. The molecule has 0 amide bonds. The van der Waals surface area contributed by atoms with Crippen LogP contribution in [0, 0.1) is 10.1 Å². The summed E-state index contributed by atoms with van der Waals surface area (Å²) < 4.78 is 0.561. The fourth-order valence-corrected chi connectivity index (χ4v) is 1.44. The van der Waals surface area contributed by atoms with Crippen molar-refractivity contribution in [3.63, 3.8) is 0 Å². The van der Waals surface area contributed by atoms with Gasteiger partial charge in [-0.15, -0.1) is 0 Å². The molecule has 62 valence electrons. The second-order valence-electron chi connectivity index (χ2n) is 1.84. The van der Waals surface area contributed by atoms with Gasteiger partial charge >= 0.3 is 0 Å². The van der Waals surface area contributed by atoms with Crippen LogP contribution in [0.25, 0.3) is 0 Å². The van der Waals surface area contributed by atoms with Gasteiger partial charge in [0.25, 0.3) is 5.70 Å². The summed E-state index contributed by atoms with van der Waals surface area (Å²) >= 11 is 7.50. The summed E-state index contributed by atoms with van der Waals surface area (Å²) in [5.74, 6) is 2.40. The number of allylic oxidation sites excluding steroid dienone is 3. The Kier molecular flexibility index (Phi) is 3.02. The van der Waals surface area contributed by atoms with E-state index in [2.05, 4.69) is 10.9 Å². The predicted octanol–water partition coefficient (Wildman–Crippen LogP) is 2.23. The Bertz CT molecular complexity index is 353. The lowest BCUT2D eigenvalue weighted by atomic mass is 10.4. The van der Waals surface area contributed by atoms with Crippen molar-refractivity contribution in [2.75, 3.05) is 0 Å². The van der Waals surface area contributed by atoms with Gasteiger partial charge in [-0.05, 0) is 34.5 Å². The molecule has 1 aliphatic heterocycles. The first-order valence-corrected chi connectivity index (χ1v) is 4.28. The van der Waals surface area contributed by atoms with Crippen LogP contribution in [0.3, 0.4) is 0 Å². The molecule has 1 rings (SSSR count). The molecule has 0 fully saturated rings. The molecule has 0 saturated heterocycles. The molecule has 0 bridgehead atoms.